The molecule has 0 saturated carbocycles. The summed E-state index contributed by atoms with van der Waals surface area (Å²) in [7, 11) is 0. The molecule has 3 saturated heterocycles. The van der Waals surface area contributed by atoms with Crippen LogP contribution < -0.4 is 24.8 Å². The Bertz CT molecular complexity index is 4670. The van der Waals surface area contributed by atoms with Crippen molar-refractivity contribution < 1.29 is 34.0 Å². The molecule has 0 spiro atoms. The Labute approximate surface area is 607 Å². The highest BCUT2D eigenvalue weighted by Gasteiger charge is 2.35. The topological polar surface area (TPSA) is 272 Å². The maximum Gasteiger partial charge on any atom is 0.317 e. The maximum atomic E-state index is 12.6. The van der Waals surface area contributed by atoms with Gasteiger partial charge in [-0.15, -0.1) is 31.7 Å². The second-order valence-corrected chi connectivity index (χ2v) is 30.4. The van der Waals surface area contributed by atoms with Crippen molar-refractivity contribution in [3.05, 3.63) is 165 Å². The Morgan fingerprint density at radius 3 is 1.52 bits per heavy atom. The van der Waals surface area contributed by atoms with Crippen molar-refractivity contribution in [2.45, 2.75) is 154 Å². The molecule has 9 aromatic rings. The number of benzene rings is 6. The van der Waals surface area contributed by atoms with E-state index < -0.39 is 6.10 Å². The number of aliphatic hydroxyl groups is 2. The van der Waals surface area contributed by atoms with E-state index in [0.717, 1.165) is 142 Å². The molecule has 15 rings (SSSR count). The number of likely N-dealkylation sites (tertiary alicyclic amines) is 3. The van der Waals surface area contributed by atoms with Crippen LogP contribution in [0.25, 0.3) is 63.3 Å². The molecule has 20 nitrogen and oxygen atoms in total. The van der Waals surface area contributed by atoms with Crippen LogP contribution in [0.15, 0.2) is 115 Å². The summed E-state index contributed by atoms with van der Waals surface area (Å²) < 4.78 is 17.2. The Balaban J connectivity index is 0.000000137. The average molecular weight is 1420 g/mol. The van der Waals surface area contributed by atoms with Gasteiger partial charge in [-0.1, -0.05) is 77.3 Å². The summed E-state index contributed by atoms with van der Waals surface area (Å²) in [6, 6.07) is 43.0. The fraction of sp³-hybridized carbons (Fsp3) is 0.392. The van der Waals surface area contributed by atoms with Crippen molar-refractivity contribution in [3.8, 4) is 98.8 Å². The monoisotopic (exact) mass is 1420 g/mol. The molecule has 524 valence electrons. The molecule has 3 aliphatic heterocycles. The van der Waals surface area contributed by atoms with Crippen LogP contribution in [-0.2, 0) is 24.1 Å². The average Bonchev–Trinajstić information content (AvgIpc) is 1.63. The van der Waals surface area contributed by atoms with E-state index in [-0.39, 0.29) is 55.0 Å². The number of amides is 3. The number of fused-ring (bicyclic) bond motifs is 3. The van der Waals surface area contributed by atoms with Crippen LogP contribution >= 0.6 is 34.0 Å². The second-order valence-electron chi connectivity index (χ2n) is 27.4. The van der Waals surface area contributed by atoms with Gasteiger partial charge in [0.05, 0.1) is 64.7 Å². The highest BCUT2D eigenvalue weighted by atomic mass is 32.1. The number of carbonyl (C=O) groups excluding carboxylic acids is 2. The number of thiazole rings is 1. The van der Waals surface area contributed by atoms with Gasteiger partial charge < -0.3 is 44.9 Å². The molecule has 3 amide bonds. The number of nitrogens with one attached hydrogen (secondary N) is 2. The molecule has 6 aromatic carbocycles. The number of hydrogen-bond acceptors (Lipinski definition) is 20. The minimum absolute atomic E-state index is 0.000793. The van der Waals surface area contributed by atoms with Crippen LogP contribution in [0.2, 0.25) is 0 Å². The van der Waals surface area contributed by atoms with E-state index in [9.17, 15) is 35.6 Å². The maximum absolute atomic E-state index is 12.6. The summed E-state index contributed by atoms with van der Waals surface area (Å²) in [6.45, 7) is 16.4. The van der Waals surface area contributed by atoms with Crippen LogP contribution in [0.4, 0.5) is 4.79 Å². The van der Waals surface area contributed by atoms with Gasteiger partial charge in [0.1, 0.15) is 60.5 Å². The van der Waals surface area contributed by atoms with Crippen molar-refractivity contribution in [1.29, 1.82) is 15.8 Å². The number of hydrogen-bond donors (Lipinski definition) is 4. The van der Waals surface area contributed by atoms with Gasteiger partial charge in [-0.2, -0.15) is 15.8 Å². The summed E-state index contributed by atoms with van der Waals surface area (Å²) in [5.41, 5.74) is 15.1. The predicted octanol–water partition coefficient (Wildman–Crippen LogP) is 14.2. The standard InChI is InChI=1S/C28H30N4O3S.C26H27N5O2S.C25H26N4O2S/c1-17(2)35-25-9-6-18(12-19(25)13-29)28-31-14-26(36-28)23-5-3-4-22-21(23)7-8-24(22)30-15-27(34)32-11-10-20(33)16-32;1-16(2)33-23-11-8-17(14-18(23)15-27)24-29-30-25(34-24)21-7-5-6-20-19(21)9-10-22(20)28-26(32)31-12-3-4-13-31;1-15(2)31-23-9-6-16(12-17(23)13-26)24-27-28-25(32-24)21-5-3-4-20-19(21)7-8-22(20)29-11-10-18(30)14-29/h3-6,9,12,14,17,20,24,30,33H,7-8,10-11,15-16H2,1-2H3;5-8,11,14,16,22H,3-4,9-10,12-13H2,1-2H3,(H,28,32);3-6,9,12,15,18,22,30H,7-8,10-11,14H2,1-2H3/t20-,24-;22-;18-,22?/m110/s1. The van der Waals surface area contributed by atoms with E-state index >= 15 is 0 Å². The van der Waals surface area contributed by atoms with Crippen molar-refractivity contribution >= 4 is 45.9 Å². The van der Waals surface area contributed by atoms with Crippen LogP contribution in [0, 0.1) is 34.0 Å². The lowest BCUT2D eigenvalue weighted by atomic mass is 10.0. The first-order chi connectivity index (χ1) is 49.5. The number of nitriles is 3. The Morgan fingerprint density at radius 1 is 0.529 bits per heavy atom. The minimum Gasteiger partial charge on any atom is -0.490 e. The molecular formula is C79H83N13O7S3. The molecular weight excluding hydrogens is 1340 g/mol. The molecule has 3 aromatic heterocycles. The first-order valence-corrected chi connectivity index (χ1v) is 37.7. The van der Waals surface area contributed by atoms with Crippen LogP contribution in [-0.4, -0.2) is 139 Å². The van der Waals surface area contributed by atoms with Crippen molar-refractivity contribution in [2.24, 2.45) is 0 Å². The number of β-amino-alcohol motifs (C(OH)–C–C–N with tert-alkyl or cyclic N) is 2. The Kier molecular flexibility index (Phi) is 22.1. The molecule has 102 heavy (non-hydrogen) atoms. The number of aromatic nitrogens is 5. The Morgan fingerprint density at radius 2 is 1.00 bits per heavy atom. The minimum atomic E-state index is -0.397. The molecule has 3 aliphatic carbocycles. The van der Waals surface area contributed by atoms with E-state index in [0.29, 0.717) is 59.5 Å². The van der Waals surface area contributed by atoms with Gasteiger partial charge in [0.25, 0.3) is 0 Å². The smallest absolute Gasteiger partial charge is 0.317 e. The third-order valence-corrected chi connectivity index (χ3v) is 22.4. The number of urea groups is 1. The molecule has 3 fully saturated rings. The first kappa shape index (κ1) is 70.9. The summed E-state index contributed by atoms with van der Waals surface area (Å²) >= 11 is 4.68. The van der Waals surface area contributed by atoms with Crippen LogP contribution in [0.3, 0.4) is 0 Å². The molecule has 0 radical (unpaired) electrons. The normalized spacial score (nSPS) is 18.8. The van der Waals surface area contributed by atoms with Crippen molar-refractivity contribution in [3.63, 3.8) is 0 Å². The van der Waals surface area contributed by atoms with E-state index in [1.165, 1.54) is 50.3 Å². The van der Waals surface area contributed by atoms with Crippen molar-refractivity contribution in [1.82, 2.24) is 50.7 Å². The quantitative estimate of drug-likeness (QED) is 0.0659. The zero-order chi connectivity index (χ0) is 71.1. The zero-order valence-electron chi connectivity index (χ0n) is 58.2. The molecule has 6 aliphatic rings. The van der Waals surface area contributed by atoms with Gasteiger partial charge in [0.2, 0.25) is 5.91 Å². The van der Waals surface area contributed by atoms with Gasteiger partial charge >= 0.3 is 6.03 Å². The third kappa shape index (κ3) is 15.9. The largest absolute Gasteiger partial charge is 0.490 e. The lowest BCUT2D eigenvalue weighted by Gasteiger charge is -2.24. The molecule has 5 atom stereocenters. The predicted molar refractivity (Wildman–Crippen MR) is 396 cm³/mol. The van der Waals surface area contributed by atoms with Crippen LogP contribution in [0.1, 0.15) is 155 Å². The lowest BCUT2D eigenvalue weighted by molar-refractivity contribution is -0.129. The summed E-state index contributed by atoms with van der Waals surface area (Å²) in [6.07, 6.45) is 10.7. The third-order valence-electron chi connectivity index (χ3n) is 19.3. The molecule has 0 bridgehead atoms. The first-order valence-electron chi connectivity index (χ1n) is 35.3. The number of aliphatic hydroxyl groups excluding tert-OH is 2. The number of rotatable bonds is 17. The van der Waals surface area contributed by atoms with Gasteiger partial charge in [-0.25, -0.2) is 9.78 Å². The number of nitrogens with zero attached hydrogens (tertiary/aromatic N) is 11. The van der Waals surface area contributed by atoms with E-state index in [2.05, 4.69) is 108 Å². The molecule has 4 N–H and O–H groups in total. The summed E-state index contributed by atoms with van der Waals surface area (Å²) in [5.74, 6) is 1.81. The van der Waals surface area contributed by atoms with Crippen molar-refractivity contribution in [2.75, 3.05) is 45.8 Å². The Hall–Kier alpha value is -9.48. The van der Waals surface area contributed by atoms with E-state index in [4.69, 9.17) is 14.2 Å². The molecule has 1 unspecified atom stereocenters. The van der Waals surface area contributed by atoms with Gasteiger partial charge in [-0.05, 0) is 199 Å². The molecule has 23 heteroatoms. The summed E-state index contributed by atoms with van der Waals surface area (Å²) in [4.78, 5) is 37.0. The highest BCUT2D eigenvalue weighted by Crippen LogP contribution is 2.46. The number of ether oxygens (including phenoxy) is 3. The van der Waals surface area contributed by atoms with E-state index in [1.54, 1.807) is 33.6 Å². The van der Waals surface area contributed by atoms with Crippen LogP contribution in [0.5, 0.6) is 17.2 Å². The van der Waals surface area contributed by atoms with Gasteiger partial charge in [0, 0.05) is 85.4 Å². The zero-order valence-corrected chi connectivity index (χ0v) is 60.6. The number of carbonyl (C=O) groups is 2. The van der Waals surface area contributed by atoms with Gasteiger partial charge in [0.15, 0.2) is 0 Å². The fourth-order valence-corrected chi connectivity index (χ4v) is 17.3. The lowest BCUT2D eigenvalue weighted by Crippen LogP contribution is -2.39. The van der Waals surface area contributed by atoms with E-state index in [1.807, 2.05) is 107 Å². The molecule has 6 heterocycles. The highest BCUT2D eigenvalue weighted by molar-refractivity contribution is 7.18. The second kappa shape index (κ2) is 31.8. The van der Waals surface area contributed by atoms with Gasteiger partial charge in [-0.3, -0.25) is 9.69 Å². The SMILES string of the molecule is CC(C)Oc1ccc(-c2ncc(-c3cccc4c3CC[C@H]4NCC(=O)N3CC[C@@H](O)C3)s2)cc1C#N.CC(C)Oc1ccc(-c2nnc(-c3cccc4c3CCC4N3CC[C@H](O)C3)s2)cc1C#N.CC(C)Oc1ccc(-c2nnc(-c3cccc4c3CC[C@H]4NC(=O)N3CCCC3)s2)cc1C#N. The fourth-order valence-electron chi connectivity index (χ4n) is 14.6. The summed E-state index contributed by atoms with van der Waals surface area (Å²) in [5, 5.41) is 77.0.